The summed E-state index contributed by atoms with van der Waals surface area (Å²) in [5, 5.41) is 3.62. The van der Waals surface area contributed by atoms with Crippen molar-refractivity contribution in [3.05, 3.63) is 76.0 Å². The van der Waals surface area contributed by atoms with E-state index in [2.05, 4.69) is 15.3 Å². The fourth-order valence-electron chi connectivity index (χ4n) is 2.90. The molecule has 1 atom stereocenters. The topological polar surface area (TPSA) is 47.0 Å². The highest BCUT2D eigenvalue weighted by Crippen LogP contribution is 2.34. The highest BCUT2D eigenvalue weighted by atomic mass is 35.5. The monoisotopic (exact) mass is 457 g/mol. The summed E-state index contributed by atoms with van der Waals surface area (Å²) in [5.41, 5.74) is 1.46. The summed E-state index contributed by atoms with van der Waals surface area (Å²) in [5.74, 6) is -11.5. The van der Waals surface area contributed by atoms with E-state index >= 15 is 0 Å². The van der Waals surface area contributed by atoms with E-state index in [1.807, 2.05) is 13.8 Å². The van der Waals surface area contributed by atoms with Crippen LogP contribution in [0.3, 0.4) is 0 Å². The third-order valence-corrected chi connectivity index (χ3v) is 4.98. The molecule has 0 fully saturated rings. The minimum atomic E-state index is -2.25. The fourth-order valence-corrected chi connectivity index (χ4v) is 3.19. The molecule has 2 aromatic carbocycles. The lowest BCUT2D eigenvalue weighted by atomic mass is 10.0. The summed E-state index contributed by atoms with van der Waals surface area (Å²) in [4.78, 5) is 8.26. The number of nitrogens with one attached hydrogen (secondary N) is 1. The second-order valence-electron chi connectivity index (χ2n) is 6.51. The molecule has 164 valence electrons. The molecule has 3 rings (SSSR count). The molecule has 10 heteroatoms. The predicted octanol–water partition coefficient (Wildman–Crippen LogP) is 6.74. The first-order valence-electron chi connectivity index (χ1n) is 9.33. The van der Waals surface area contributed by atoms with Crippen LogP contribution in [-0.2, 0) is 6.42 Å². The Morgan fingerprint density at radius 3 is 2.03 bits per heavy atom. The molecule has 0 spiro atoms. The van der Waals surface area contributed by atoms with Crippen LogP contribution in [0.25, 0.3) is 0 Å². The van der Waals surface area contributed by atoms with E-state index in [0.29, 0.717) is 29.4 Å². The molecule has 1 aromatic heterocycles. The number of halogens is 6. The van der Waals surface area contributed by atoms with Gasteiger partial charge in [-0.25, -0.2) is 23.1 Å². The molecular weight excluding hydrogens is 441 g/mol. The molecule has 4 nitrogen and oxygen atoms in total. The van der Waals surface area contributed by atoms with Crippen LogP contribution in [0.2, 0.25) is 5.02 Å². The number of aryl methyl sites for hydroxylation is 1. The number of rotatable bonds is 7. The average molecular weight is 458 g/mol. The first kappa shape index (κ1) is 22.7. The second-order valence-corrected chi connectivity index (χ2v) is 6.89. The van der Waals surface area contributed by atoms with Gasteiger partial charge in [-0.1, -0.05) is 37.6 Å². The van der Waals surface area contributed by atoms with Gasteiger partial charge in [-0.15, -0.1) is 0 Å². The van der Waals surface area contributed by atoms with Gasteiger partial charge < -0.3 is 10.1 Å². The van der Waals surface area contributed by atoms with Crippen molar-refractivity contribution in [2.75, 3.05) is 5.32 Å². The normalized spacial score (nSPS) is 12.0. The summed E-state index contributed by atoms with van der Waals surface area (Å²) in [6, 6.07) is 5.69. The Morgan fingerprint density at radius 2 is 1.48 bits per heavy atom. The highest BCUT2D eigenvalue weighted by Gasteiger charge is 2.27. The van der Waals surface area contributed by atoms with Crippen molar-refractivity contribution in [2.45, 2.75) is 32.7 Å². The Labute approximate surface area is 180 Å². The number of anilines is 1. The zero-order valence-electron chi connectivity index (χ0n) is 16.4. The van der Waals surface area contributed by atoms with Crippen LogP contribution in [0.5, 0.6) is 11.5 Å². The van der Waals surface area contributed by atoms with E-state index in [1.54, 1.807) is 12.1 Å². The van der Waals surface area contributed by atoms with Crippen molar-refractivity contribution in [3.63, 3.8) is 0 Å². The molecule has 0 amide bonds. The van der Waals surface area contributed by atoms with E-state index in [1.165, 1.54) is 18.5 Å². The summed E-state index contributed by atoms with van der Waals surface area (Å²) in [6.45, 7) is 3.84. The number of benzene rings is 2. The van der Waals surface area contributed by atoms with Crippen molar-refractivity contribution >= 4 is 17.4 Å². The van der Waals surface area contributed by atoms with Crippen molar-refractivity contribution in [1.82, 2.24) is 9.97 Å². The molecule has 1 N–H and O–H groups in total. The minimum absolute atomic E-state index is 0.102. The van der Waals surface area contributed by atoms with Crippen LogP contribution in [0.15, 0.2) is 30.6 Å². The van der Waals surface area contributed by atoms with Gasteiger partial charge in [-0.3, -0.25) is 0 Å². The number of hydrogen-bond donors (Lipinski definition) is 1. The minimum Gasteiger partial charge on any atom is -0.451 e. The molecule has 0 bridgehead atoms. The lowest BCUT2D eigenvalue weighted by Crippen LogP contribution is -2.12. The number of ether oxygens (including phenoxy) is 1. The Morgan fingerprint density at radius 1 is 0.903 bits per heavy atom. The molecule has 1 heterocycles. The first-order chi connectivity index (χ1) is 14.8. The number of hydrogen-bond acceptors (Lipinski definition) is 4. The Kier molecular flexibility index (Phi) is 6.94. The summed E-state index contributed by atoms with van der Waals surface area (Å²) in [7, 11) is 0. The van der Waals surface area contributed by atoms with Gasteiger partial charge in [-0.05, 0) is 30.5 Å². The van der Waals surface area contributed by atoms with Gasteiger partial charge in [0.05, 0.1) is 11.7 Å². The zero-order valence-corrected chi connectivity index (χ0v) is 17.2. The van der Waals surface area contributed by atoms with Crippen LogP contribution in [0.4, 0.5) is 27.8 Å². The summed E-state index contributed by atoms with van der Waals surface area (Å²) >= 11 is 6.31. The summed E-state index contributed by atoms with van der Waals surface area (Å²) in [6.07, 6.45) is 2.68. The molecule has 0 saturated carbocycles. The van der Waals surface area contributed by atoms with E-state index < -0.39 is 34.8 Å². The molecule has 0 aliphatic carbocycles. The number of aromatic nitrogens is 2. The average Bonchev–Trinajstić information content (AvgIpc) is 2.79. The standard InChI is InChI=1S/C21H17ClF5N3O/c1-3-12(30-21-14(22)13(4-2)28-9-29-21)10-5-7-11(8-6-10)31-20-18(26)16(24)15(23)17(25)19(20)27/h5-9,12H,3-4H2,1-2H3,(H,28,29,30)/t12-/m0/s1. The molecule has 0 saturated heterocycles. The maximum Gasteiger partial charge on any atom is 0.207 e. The van der Waals surface area contributed by atoms with E-state index in [9.17, 15) is 22.0 Å². The Hall–Kier alpha value is -2.94. The van der Waals surface area contributed by atoms with Crippen molar-refractivity contribution in [2.24, 2.45) is 0 Å². The van der Waals surface area contributed by atoms with Gasteiger partial charge in [0.15, 0.2) is 0 Å². The van der Waals surface area contributed by atoms with Crippen LogP contribution in [0.1, 0.15) is 37.6 Å². The lowest BCUT2D eigenvalue weighted by Gasteiger charge is -2.20. The number of nitrogens with zero attached hydrogens (tertiary/aromatic N) is 2. The smallest absolute Gasteiger partial charge is 0.207 e. The largest absolute Gasteiger partial charge is 0.451 e. The highest BCUT2D eigenvalue weighted by molar-refractivity contribution is 6.33. The van der Waals surface area contributed by atoms with Gasteiger partial charge in [-0.2, -0.15) is 8.78 Å². The van der Waals surface area contributed by atoms with Crippen molar-refractivity contribution in [3.8, 4) is 11.5 Å². The van der Waals surface area contributed by atoms with Gasteiger partial charge in [0.2, 0.25) is 34.8 Å². The predicted molar refractivity (Wildman–Crippen MR) is 106 cm³/mol. The Bertz CT molecular complexity index is 1070. The molecule has 0 unspecified atom stereocenters. The molecule has 31 heavy (non-hydrogen) atoms. The summed E-state index contributed by atoms with van der Waals surface area (Å²) < 4.78 is 72.4. The van der Waals surface area contributed by atoms with Crippen molar-refractivity contribution < 1.29 is 26.7 Å². The quantitative estimate of drug-likeness (QED) is 0.242. The van der Waals surface area contributed by atoms with Gasteiger partial charge >= 0.3 is 0 Å². The fraction of sp³-hybridized carbons (Fsp3) is 0.238. The SMILES string of the molecule is CCc1ncnc(N[C@@H](CC)c2ccc(Oc3c(F)c(F)c(F)c(F)c3F)cc2)c1Cl. The lowest BCUT2D eigenvalue weighted by molar-refractivity contribution is 0.332. The maximum absolute atomic E-state index is 13.8. The first-order valence-corrected chi connectivity index (χ1v) is 9.71. The Balaban J connectivity index is 1.83. The van der Waals surface area contributed by atoms with Crippen LogP contribution >= 0.6 is 11.6 Å². The van der Waals surface area contributed by atoms with E-state index in [4.69, 9.17) is 16.3 Å². The van der Waals surface area contributed by atoms with Crippen LogP contribution < -0.4 is 10.1 Å². The second kappa shape index (κ2) is 9.47. The molecule has 3 aromatic rings. The van der Waals surface area contributed by atoms with Crippen LogP contribution in [-0.4, -0.2) is 9.97 Å². The van der Waals surface area contributed by atoms with Crippen LogP contribution in [0, 0.1) is 29.1 Å². The van der Waals surface area contributed by atoms with E-state index in [0.717, 1.165) is 5.56 Å². The molecule has 0 aliphatic heterocycles. The maximum atomic E-state index is 13.8. The van der Waals surface area contributed by atoms with Crippen molar-refractivity contribution in [1.29, 1.82) is 0 Å². The van der Waals surface area contributed by atoms with Gasteiger partial charge in [0, 0.05) is 0 Å². The van der Waals surface area contributed by atoms with Gasteiger partial charge in [0.25, 0.3) is 0 Å². The van der Waals surface area contributed by atoms with Gasteiger partial charge in [0.1, 0.15) is 22.9 Å². The molecule has 0 aliphatic rings. The van der Waals surface area contributed by atoms with E-state index in [-0.39, 0.29) is 11.8 Å². The molecule has 0 radical (unpaired) electrons. The third kappa shape index (κ3) is 4.56. The third-order valence-electron chi connectivity index (χ3n) is 4.59. The zero-order chi connectivity index (χ0) is 22.7. The molecular formula is C21H17ClF5N3O.